The summed E-state index contributed by atoms with van der Waals surface area (Å²) in [6.07, 6.45) is 0. The monoisotopic (exact) mass is 282 g/mol. The molecular formula is C8H8ClFN2O4S. The number of halogens is 2. The first-order valence-corrected chi connectivity index (χ1v) is 6.40. The van der Waals surface area contributed by atoms with E-state index in [1.54, 1.807) is 0 Å². The summed E-state index contributed by atoms with van der Waals surface area (Å²) in [6.45, 7) is -0.0552. The molecule has 0 aliphatic carbocycles. The van der Waals surface area contributed by atoms with E-state index in [1.165, 1.54) is 0 Å². The summed E-state index contributed by atoms with van der Waals surface area (Å²) in [5.41, 5.74) is -0.515. The summed E-state index contributed by atoms with van der Waals surface area (Å²) in [5, 5.41) is 10.3. The predicted octanol–water partition coefficient (Wildman–Crippen LogP) is 1.25. The molecule has 0 heterocycles. The molecule has 0 unspecified atom stereocenters. The minimum atomic E-state index is -4.03. The van der Waals surface area contributed by atoms with Gasteiger partial charge in [-0.3, -0.25) is 10.1 Å². The Balaban J connectivity index is 3.12. The highest BCUT2D eigenvalue weighted by Crippen LogP contribution is 2.20. The van der Waals surface area contributed by atoms with Gasteiger partial charge in [0.2, 0.25) is 10.0 Å². The van der Waals surface area contributed by atoms with Crippen molar-refractivity contribution in [1.29, 1.82) is 0 Å². The number of nitro benzene ring substituents is 1. The molecule has 0 radical (unpaired) electrons. The van der Waals surface area contributed by atoms with E-state index in [9.17, 15) is 22.9 Å². The summed E-state index contributed by atoms with van der Waals surface area (Å²) in [7, 11) is -4.03. The number of sulfonamides is 1. The van der Waals surface area contributed by atoms with Gasteiger partial charge in [-0.1, -0.05) is 0 Å². The molecule has 9 heteroatoms. The van der Waals surface area contributed by atoms with Crippen molar-refractivity contribution in [1.82, 2.24) is 4.72 Å². The van der Waals surface area contributed by atoms with Crippen LogP contribution in [0.2, 0.25) is 0 Å². The van der Waals surface area contributed by atoms with Crippen LogP contribution in [0.5, 0.6) is 0 Å². The zero-order valence-electron chi connectivity index (χ0n) is 8.39. The van der Waals surface area contributed by atoms with Crippen molar-refractivity contribution < 1.29 is 17.7 Å². The Hall–Kier alpha value is -1.25. The van der Waals surface area contributed by atoms with Gasteiger partial charge in [0.15, 0.2) is 0 Å². The molecular weight excluding hydrogens is 275 g/mol. The standard InChI is InChI=1S/C8H8ClFN2O4S/c9-3-4-11-17(15,16)8-2-1-6(12(13)14)5-7(8)10/h1-2,5,11H,3-4H2. The van der Waals surface area contributed by atoms with Crippen LogP contribution in [0.15, 0.2) is 23.1 Å². The first-order chi connectivity index (χ1) is 7.88. The number of nitrogens with zero attached hydrogens (tertiary/aromatic N) is 1. The fourth-order valence-electron chi connectivity index (χ4n) is 1.07. The summed E-state index contributed by atoms with van der Waals surface area (Å²) < 4.78 is 38.4. The number of nitro groups is 1. The molecule has 17 heavy (non-hydrogen) atoms. The van der Waals surface area contributed by atoms with E-state index < -0.39 is 31.3 Å². The number of non-ortho nitro benzene ring substituents is 1. The molecule has 1 N–H and O–H groups in total. The molecule has 0 amide bonds. The quantitative estimate of drug-likeness (QED) is 0.500. The van der Waals surface area contributed by atoms with Crippen LogP contribution in [-0.4, -0.2) is 25.8 Å². The molecule has 0 spiro atoms. The molecule has 1 aromatic rings. The van der Waals surface area contributed by atoms with Gasteiger partial charge in [0, 0.05) is 18.5 Å². The lowest BCUT2D eigenvalue weighted by Gasteiger charge is -2.05. The molecule has 0 fully saturated rings. The molecule has 0 aliphatic heterocycles. The molecule has 1 rings (SSSR count). The maximum absolute atomic E-state index is 13.4. The number of alkyl halides is 1. The molecule has 1 aromatic carbocycles. The number of hydrogen-bond acceptors (Lipinski definition) is 4. The normalized spacial score (nSPS) is 11.4. The van der Waals surface area contributed by atoms with Crippen LogP contribution in [0.3, 0.4) is 0 Å². The average molecular weight is 283 g/mol. The van der Waals surface area contributed by atoms with Crippen LogP contribution in [0.4, 0.5) is 10.1 Å². The molecule has 0 saturated carbocycles. The van der Waals surface area contributed by atoms with E-state index >= 15 is 0 Å². The van der Waals surface area contributed by atoms with Gasteiger partial charge >= 0.3 is 0 Å². The van der Waals surface area contributed by atoms with Crippen LogP contribution in [0.25, 0.3) is 0 Å². The zero-order chi connectivity index (χ0) is 13.1. The number of rotatable bonds is 5. The fourth-order valence-corrected chi connectivity index (χ4v) is 2.37. The first kappa shape index (κ1) is 13.8. The minimum Gasteiger partial charge on any atom is -0.258 e. The highest BCUT2D eigenvalue weighted by molar-refractivity contribution is 7.89. The van der Waals surface area contributed by atoms with E-state index in [2.05, 4.69) is 0 Å². The Morgan fingerprint density at radius 2 is 2.12 bits per heavy atom. The van der Waals surface area contributed by atoms with Crippen LogP contribution < -0.4 is 4.72 Å². The molecule has 94 valence electrons. The van der Waals surface area contributed by atoms with Gasteiger partial charge in [0.25, 0.3) is 5.69 Å². The molecule has 0 saturated heterocycles. The Labute approximate surface area is 102 Å². The lowest BCUT2D eigenvalue weighted by Crippen LogP contribution is -2.26. The second-order valence-corrected chi connectivity index (χ2v) is 5.07. The maximum Gasteiger partial charge on any atom is 0.272 e. The number of nitrogens with one attached hydrogen (secondary N) is 1. The first-order valence-electron chi connectivity index (χ1n) is 4.38. The maximum atomic E-state index is 13.4. The van der Waals surface area contributed by atoms with Crippen molar-refractivity contribution in [3.63, 3.8) is 0 Å². The summed E-state index contributed by atoms with van der Waals surface area (Å²) in [5.74, 6) is -1.14. The second-order valence-electron chi connectivity index (χ2n) is 2.96. The third kappa shape index (κ3) is 3.35. The fraction of sp³-hybridized carbons (Fsp3) is 0.250. The predicted molar refractivity (Wildman–Crippen MR) is 59.0 cm³/mol. The Morgan fingerprint density at radius 1 is 1.47 bits per heavy atom. The Kier molecular flexibility index (Phi) is 4.38. The molecule has 0 aliphatic rings. The van der Waals surface area contributed by atoms with E-state index in [4.69, 9.17) is 11.6 Å². The van der Waals surface area contributed by atoms with Crippen LogP contribution >= 0.6 is 11.6 Å². The largest absolute Gasteiger partial charge is 0.272 e. The van der Waals surface area contributed by atoms with Gasteiger partial charge in [-0.15, -0.1) is 11.6 Å². The van der Waals surface area contributed by atoms with Crippen molar-refractivity contribution in [2.75, 3.05) is 12.4 Å². The molecule has 6 nitrogen and oxygen atoms in total. The van der Waals surface area contributed by atoms with Gasteiger partial charge in [-0.2, -0.15) is 0 Å². The molecule has 0 aromatic heterocycles. The van der Waals surface area contributed by atoms with Gasteiger partial charge in [-0.05, 0) is 6.07 Å². The van der Waals surface area contributed by atoms with E-state index in [-0.39, 0.29) is 12.4 Å². The van der Waals surface area contributed by atoms with Crippen LogP contribution in [0.1, 0.15) is 0 Å². The van der Waals surface area contributed by atoms with E-state index in [1.807, 2.05) is 4.72 Å². The van der Waals surface area contributed by atoms with Crippen molar-refractivity contribution in [2.24, 2.45) is 0 Å². The topological polar surface area (TPSA) is 89.3 Å². The third-order valence-electron chi connectivity index (χ3n) is 1.80. The Bertz CT molecular complexity index is 534. The van der Waals surface area contributed by atoms with Gasteiger partial charge in [0.05, 0.1) is 11.0 Å². The lowest BCUT2D eigenvalue weighted by molar-refractivity contribution is -0.385. The average Bonchev–Trinajstić information content (AvgIpc) is 2.25. The second kappa shape index (κ2) is 5.39. The van der Waals surface area contributed by atoms with Crippen molar-refractivity contribution in [3.05, 3.63) is 34.1 Å². The van der Waals surface area contributed by atoms with Crippen LogP contribution in [-0.2, 0) is 10.0 Å². The van der Waals surface area contributed by atoms with Gasteiger partial charge in [0.1, 0.15) is 10.7 Å². The summed E-state index contributed by atoms with van der Waals surface area (Å²) >= 11 is 5.29. The lowest BCUT2D eigenvalue weighted by atomic mass is 10.3. The molecule has 0 bridgehead atoms. The summed E-state index contributed by atoms with van der Waals surface area (Å²) in [6, 6.07) is 2.30. The smallest absolute Gasteiger partial charge is 0.258 e. The zero-order valence-corrected chi connectivity index (χ0v) is 9.96. The Morgan fingerprint density at radius 3 is 2.59 bits per heavy atom. The highest BCUT2D eigenvalue weighted by atomic mass is 35.5. The highest BCUT2D eigenvalue weighted by Gasteiger charge is 2.20. The minimum absolute atomic E-state index is 0.0355. The van der Waals surface area contributed by atoms with Crippen molar-refractivity contribution in [2.45, 2.75) is 4.90 Å². The SMILES string of the molecule is O=[N+]([O-])c1ccc(S(=O)(=O)NCCCl)c(F)c1. The summed E-state index contributed by atoms with van der Waals surface area (Å²) in [4.78, 5) is 8.88. The van der Waals surface area contributed by atoms with Crippen LogP contribution in [0, 0.1) is 15.9 Å². The number of benzene rings is 1. The van der Waals surface area contributed by atoms with Crippen molar-refractivity contribution >= 4 is 27.3 Å². The third-order valence-corrected chi connectivity index (χ3v) is 3.49. The number of hydrogen-bond donors (Lipinski definition) is 1. The van der Waals surface area contributed by atoms with E-state index in [0.717, 1.165) is 12.1 Å². The van der Waals surface area contributed by atoms with Crippen molar-refractivity contribution in [3.8, 4) is 0 Å². The van der Waals surface area contributed by atoms with E-state index in [0.29, 0.717) is 6.07 Å². The molecule has 0 atom stereocenters. The van der Waals surface area contributed by atoms with Gasteiger partial charge in [-0.25, -0.2) is 17.5 Å². The van der Waals surface area contributed by atoms with Gasteiger partial charge < -0.3 is 0 Å².